The number of ketones is 1. The number of Topliss-reactive ketones (excluding diaryl/α,β-unsaturated/α-hetero) is 1. The summed E-state index contributed by atoms with van der Waals surface area (Å²) in [6.07, 6.45) is 1.96. The summed E-state index contributed by atoms with van der Waals surface area (Å²) >= 11 is 8.85. The normalized spacial score (nSPS) is 19.6. The molecule has 1 heterocycles. The molecule has 92 valence electrons. The Kier molecular flexibility index (Phi) is 4.17. The molecular weight excluding hydrogens is 310 g/mol. The molecule has 1 unspecified atom stereocenters. The van der Waals surface area contributed by atoms with Crippen molar-refractivity contribution >= 4 is 33.3 Å². The third kappa shape index (κ3) is 2.87. The molecule has 1 atom stereocenters. The molecule has 1 aromatic rings. The van der Waals surface area contributed by atoms with Gasteiger partial charge in [0.2, 0.25) is 0 Å². The number of hydrogen-bond donors (Lipinski definition) is 0. The highest BCUT2D eigenvalue weighted by molar-refractivity contribution is 9.10. The molecule has 0 aromatic heterocycles. The van der Waals surface area contributed by atoms with Crippen LogP contribution in [-0.4, -0.2) is 18.5 Å². The van der Waals surface area contributed by atoms with Crippen LogP contribution in [-0.2, 0) is 4.74 Å². The van der Waals surface area contributed by atoms with Gasteiger partial charge in [-0.25, -0.2) is 4.39 Å². The van der Waals surface area contributed by atoms with Crippen LogP contribution in [0.2, 0.25) is 5.02 Å². The maximum Gasteiger partial charge on any atom is 0.168 e. The van der Waals surface area contributed by atoms with Crippen molar-refractivity contribution in [2.24, 2.45) is 0 Å². The van der Waals surface area contributed by atoms with Crippen LogP contribution in [0.15, 0.2) is 16.6 Å². The molecule has 0 N–H and O–H groups in total. The molecule has 0 amide bonds. The number of benzene rings is 1. The second-order valence-electron chi connectivity index (χ2n) is 3.99. The molecule has 1 fully saturated rings. The van der Waals surface area contributed by atoms with E-state index in [1.165, 1.54) is 6.07 Å². The van der Waals surface area contributed by atoms with Crippen molar-refractivity contribution < 1.29 is 13.9 Å². The van der Waals surface area contributed by atoms with Crippen molar-refractivity contribution in [3.8, 4) is 0 Å². The van der Waals surface area contributed by atoms with Crippen molar-refractivity contribution in [1.82, 2.24) is 0 Å². The lowest BCUT2D eigenvalue weighted by Crippen LogP contribution is -2.14. The minimum absolute atomic E-state index is 0.0358. The van der Waals surface area contributed by atoms with Crippen LogP contribution in [0.5, 0.6) is 0 Å². The Balaban J connectivity index is 2.16. The highest BCUT2D eigenvalue weighted by Crippen LogP contribution is 2.29. The van der Waals surface area contributed by atoms with Gasteiger partial charge in [-0.1, -0.05) is 11.6 Å². The molecule has 0 aliphatic carbocycles. The van der Waals surface area contributed by atoms with E-state index in [1.54, 1.807) is 6.07 Å². The zero-order chi connectivity index (χ0) is 12.4. The molecule has 0 saturated carbocycles. The average Bonchev–Trinajstić information content (AvgIpc) is 2.78. The highest BCUT2D eigenvalue weighted by atomic mass is 79.9. The minimum Gasteiger partial charge on any atom is -0.378 e. The third-order valence-corrected chi connectivity index (χ3v) is 4.03. The van der Waals surface area contributed by atoms with Gasteiger partial charge in [0.1, 0.15) is 0 Å². The van der Waals surface area contributed by atoms with Gasteiger partial charge < -0.3 is 4.74 Å². The van der Waals surface area contributed by atoms with Gasteiger partial charge in [0.05, 0.1) is 16.7 Å². The van der Waals surface area contributed by atoms with E-state index in [2.05, 4.69) is 15.9 Å². The highest BCUT2D eigenvalue weighted by Gasteiger charge is 2.23. The zero-order valence-electron chi connectivity index (χ0n) is 9.01. The summed E-state index contributed by atoms with van der Waals surface area (Å²) in [6, 6.07) is 3.02. The maximum absolute atomic E-state index is 13.8. The third-order valence-electron chi connectivity index (χ3n) is 2.77. The largest absolute Gasteiger partial charge is 0.378 e. The average molecular weight is 322 g/mol. The lowest BCUT2D eigenvalue weighted by molar-refractivity contribution is 0.0772. The Bertz CT molecular complexity index is 444. The van der Waals surface area contributed by atoms with E-state index in [9.17, 15) is 9.18 Å². The molecule has 2 rings (SSSR count). The predicted molar refractivity (Wildman–Crippen MR) is 67.0 cm³/mol. The standard InChI is InChI=1S/C12H11BrClFO2/c13-9-4-3-8(12(15)11(9)14)10(16)6-7-2-1-5-17-7/h3-4,7H,1-2,5-6H2. The lowest BCUT2D eigenvalue weighted by Gasteiger charge is -2.09. The first-order chi connectivity index (χ1) is 8.09. The summed E-state index contributed by atoms with van der Waals surface area (Å²) in [6.45, 7) is 0.682. The van der Waals surface area contributed by atoms with Gasteiger partial charge in [-0.3, -0.25) is 4.79 Å². The Morgan fingerprint density at radius 2 is 2.35 bits per heavy atom. The number of hydrogen-bond acceptors (Lipinski definition) is 2. The van der Waals surface area contributed by atoms with Crippen molar-refractivity contribution in [2.75, 3.05) is 6.61 Å². The minimum atomic E-state index is -0.663. The van der Waals surface area contributed by atoms with E-state index in [1.807, 2.05) is 0 Å². The second kappa shape index (κ2) is 5.46. The van der Waals surface area contributed by atoms with E-state index in [0.717, 1.165) is 12.8 Å². The van der Waals surface area contributed by atoms with Gasteiger partial charge in [-0.2, -0.15) is 0 Å². The van der Waals surface area contributed by atoms with Gasteiger partial charge in [0.15, 0.2) is 11.6 Å². The van der Waals surface area contributed by atoms with E-state index in [-0.39, 0.29) is 28.9 Å². The summed E-state index contributed by atoms with van der Waals surface area (Å²) in [4.78, 5) is 11.9. The summed E-state index contributed by atoms with van der Waals surface area (Å²) < 4.78 is 19.6. The Hall–Kier alpha value is -0.450. The quantitative estimate of drug-likeness (QED) is 0.621. The maximum atomic E-state index is 13.8. The molecule has 1 aromatic carbocycles. The van der Waals surface area contributed by atoms with Crippen LogP contribution in [0.3, 0.4) is 0 Å². The molecule has 5 heteroatoms. The van der Waals surface area contributed by atoms with Gasteiger partial charge >= 0.3 is 0 Å². The van der Waals surface area contributed by atoms with Crippen LogP contribution >= 0.6 is 27.5 Å². The molecule has 1 aliphatic rings. The number of carbonyl (C=O) groups excluding carboxylic acids is 1. The fourth-order valence-electron chi connectivity index (χ4n) is 1.86. The summed E-state index contributed by atoms with van der Waals surface area (Å²) in [5.74, 6) is -0.923. The summed E-state index contributed by atoms with van der Waals surface area (Å²) in [7, 11) is 0. The van der Waals surface area contributed by atoms with Gasteiger partial charge in [-0.05, 0) is 40.9 Å². The van der Waals surface area contributed by atoms with Gasteiger partial charge in [0, 0.05) is 17.5 Å². The molecule has 17 heavy (non-hydrogen) atoms. The van der Waals surface area contributed by atoms with Crippen LogP contribution in [0.25, 0.3) is 0 Å². The van der Waals surface area contributed by atoms with E-state index >= 15 is 0 Å². The first-order valence-corrected chi connectivity index (χ1v) is 6.55. The molecule has 1 saturated heterocycles. The number of carbonyl (C=O) groups is 1. The lowest BCUT2D eigenvalue weighted by atomic mass is 10.0. The number of rotatable bonds is 3. The van der Waals surface area contributed by atoms with E-state index in [4.69, 9.17) is 16.3 Å². The second-order valence-corrected chi connectivity index (χ2v) is 5.22. The molecule has 0 bridgehead atoms. The molecule has 0 radical (unpaired) electrons. The Morgan fingerprint density at radius 1 is 1.59 bits per heavy atom. The van der Waals surface area contributed by atoms with Crippen LogP contribution in [0.1, 0.15) is 29.6 Å². The summed E-state index contributed by atoms with van der Waals surface area (Å²) in [5.41, 5.74) is 0.0358. The van der Waals surface area contributed by atoms with E-state index < -0.39 is 5.82 Å². The van der Waals surface area contributed by atoms with Crippen molar-refractivity contribution in [3.05, 3.63) is 33.0 Å². The van der Waals surface area contributed by atoms with Crippen molar-refractivity contribution in [3.63, 3.8) is 0 Å². The number of ether oxygens (including phenoxy) is 1. The SMILES string of the molecule is O=C(CC1CCCO1)c1ccc(Br)c(Cl)c1F. The van der Waals surface area contributed by atoms with Gasteiger partial charge in [0.25, 0.3) is 0 Å². The fourth-order valence-corrected chi connectivity index (χ4v) is 2.33. The van der Waals surface area contributed by atoms with Crippen LogP contribution in [0.4, 0.5) is 4.39 Å². The smallest absolute Gasteiger partial charge is 0.168 e. The van der Waals surface area contributed by atoms with Crippen molar-refractivity contribution in [1.29, 1.82) is 0 Å². The molecule has 2 nitrogen and oxygen atoms in total. The number of halogens is 3. The van der Waals surface area contributed by atoms with Gasteiger partial charge in [-0.15, -0.1) is 0 Å². The first kappa shape index (κ1) is 13.0. The molecule has 0 spiro atoms. The van der Waals surface area contributed by atoms with Crippen LogP contribution < -0.4 is 0 Å². The predicted octanol–water partition coefficient (Wildman–Crippen LogP) is 3.99. The zero-order valence-corrected chi connectivity index (χ0v) is 11.4. The Labute approximate surface area is 112 Å². The van der Waals surface area contributed by atoms with E-state index in [0.29, 0.717) is 11.1 Å². The first-order valence-electron chi connectivity index (χ1n) is 5.38. The topological polar surface area (TPSA) is 26.3 Å². The van der Waals surface area contributed by atoms with Crippen LogP contribution in [0, 0.1) is 5.82 Å². The van der Waals surface area contributed by atoms with Crippen molar-refractivity contribution in [2.45, 2.75) is 25.4 Å². The molecular formula is C12H11BrClFO2. The Morgan fingerprint density at radius 3 is 3.00 bits per heavy atom. The fraction of sp³-hybridized carbons (Fsp3) is 0.417. The molecule has 1 aliphatic heterocycles. The summed E-state index contributed by atoms with van der Waals surface area (Å²) in [5, 5.41) is -0.0526. The monoisotopic (exact) mass is 320 g/mol.